The maximum atomic E-state index is 12.9. The highest BCUT2D eigenvalue weighted by Gasteiger charge is 2.33. The van der Waals surface area contributed by atoms with Crippen LogP contribution in [0.3, 0.4) is 0 Å². The number of amides is 3. The van der Waals surface area contributed by atoms with E-state index < -0.39 is 0 Å². The average Bonchev–Trinajstić information content (AvgIpc) is 3.41. The zero-order valence-electron chi connectivity index (χ0n) is 18.4. The standard InChI is InChI=1S/C23H32ClN3O4/c1-17-19(24)8-5-9-20(17)27-16-26(15-23(27)30)22(29)14-25(12-13-31-2)21(28)11-10-18-6-3-4-7-18/h5,8-9,18H,3-4,6-7,10-16H2,1-2H3. The van der Waals surface area contributed by atoms with E-state index in [0.717, 1.165) is 12.0 Å². The number of methoxy groups -OCH3 is 1. The van der Waals surface area contributed by atoms with Crippen molar-refractivity contribution in [3.05, 3.63) is 28.8 Å². The number of anilines is 1. The molecule has 1 aromatic rings. The number of carbonyl (C=O) groups is 3. The van der Waals surface area contributed by atoms with Crippen molar-refractivity contribution in [1.29, 1.82) is 0 Å². The van der Waals surface area contributed by atoms with Crippen LogP contribution in [0.4, 0.5) is 5.69 Å². The molecule has 1 aliphatic carbocycles. The topological polar surface area (TPSA) is 70.2 Å². The van der Waals surface area contributed by atoms with Crippen LogP contribution >= 0.6 is 11.6 Å². The molecule has 3 rings (SSSR count). The highest BCUT2D eigenvalue weighted by molar-refractivity contribution is 6.31. The fraction of sp³-hybridized carbons (Fsp3) is 0.609. The molecule has 8 heteroatoms. The molecule has 1 aromatic carbocycles. The van der Waals surface area contributed by atoms with Crippen LogP contribution < -0.4 is 4.90 Å². The van der Waals surface area contributed by atoms with Crippen molar-refractivity contribution in [3.8, 4) is 0 Å². The van der Waals surface area contributed by atoms with Crippen molar-refractivity contribution < 1.29 is 19.1 Å². The van der Waals surface area contributed by atoms with Crippen LogP contribution in [0.5, 0.6) is 0 Å². The Morgan fingerprint density at radius 3 is 2.71 bits per heavy atom. The maximum Gasteiger partial charge on any atom is 0.248 e. The Labute approximate surface area is 189 Å². The number of carbonyl (C=O) groups excluding carboxylic acids is 3. The van der Waals surface area contributed by atoms with Crippen LogP contribution in [0.15, 0.2) is 18.2 Å². The fourth-order valence-electron chi connectivity index (χ4n) is 4.36. The van der Waals surface area contributed by atoms with Crippen molar-refractivity contribution >= 4 is 35.0 Å². The summed E-state index contributed by atoms with van der Waals surface area (Å²) in [6.45, 7) is 2.71. The van der Waals surface area contributed by atoms with E-state index in [4.69, 9.17) is 16.3 Å². The van der Waals surface area contributed by atoms with Gasteiger partial charge >= 0.3 is 0 Å². The molecule has 0 bridgehead atoms. The van der Waals surface area contributed by atoms with Crippen LogP contribution in [0, 0.1) is 12.8 Å². The molecule has 31 heavy (non-hydrogen) atoms. The van der Waals surface area contributed by atoms with Gasteiger partial charge in [-0.15, -0.1) is 0 Å². The number of hydrogen-bond donors (Lipinski definition) is 0. The molecule has 170 valence electrons. The van der Waals surface area contributed by atoms with E-state index in [2.05, 4.69) is 0 Å². The average molecular weight is 450 g/mol. The van der Waals surface area contributed by atoms with Crippen LogP contribution in [0.1, 0.15) is 44.1 Å². The number of benzene rings is 1. The summed E-state index contributed by atoms with van der Waals surface area (Å²) in [5.74, 6) is 0.204. The molecule has 0 atom stereocenters. The Balaban J connectivity index is 1.60. The molecular formula is C23H32ClN3O4. The molecule has 0 aromatic heterocycles. The molecule has 1 saturated heterocycles. The van der Waals surface area contributed by atoms with E-state index in [9.17, 15) is 14.4 Å². The predicted molar refractivity (Wildman–Crippen MR) is 120 cm³/mol. The third-order valence-corrected chi connectivity index (χ3v) is 6.72. The van der Waals surface area contributed by atoms with Gasteiger partial charge in [-0.2, -0.15) is 0 Å². The lowest BCUT2D eigenvalue weighted by Crippen LogP contribution is -2.44. The zero-order valence-corrected chi connectivity index (χ0v) is 19.2. The van der Waals surface area contributed by atoms with Gasteiger partial charge in [-0.25, -0.2) is 0 Å². The second kappa shape index (κ2) is 11.0. The summed E-state index contributed by atoms with van der Waals surface area (Å²) in [5, 5.41) is 0.577. The van der Waals surface area contributed by atoms with Crippen molar-refractivity contribution in [3.63, 3.8) is 0 Å². The first-order valence-electron chi connectivity index (χ1n) is 11.0. The van der Waals surface area contributed by atoms with E-state index >= 15 is 0 Å². The Morgan fingerprint density at radius 2 is 2.00 bits per heavy atom. The van der Waals surface area contributed by atoms with Gasteiger partial charge < -0.3 is 14.5 Å². The normalized spacial score (nSPS) is 16.9. The highest BCUT2D eigenvalue weighted by atomic mass is 35.5. The van der Waals surface area contributed by atoms with Gasteiger partial charge in [0.1, 0.15) is 13.2 Å². The number of hydrogen-bond acceptors (Lipinski definition) is 4. The van der Waals surface area contributed by atoms with Crippen LogP contribution in [-0.2, 0) is 19.1 Å². The number of nitrogens with zero attached hydrogens (tertiary/aromatic N) is 3. The lowest BCUT2D eigenvalue weighted by molar-refractivity contribution is -0.141. The van der Waals surface area contributed by atoms with Gasteiger partial charge in [-0.1, -0.05) is 43.4 Å². The van der Waals surface area contributed by atoms with Crippen molar-refractivity contribution in [2.75, 3.05) is 44.9 Å². The summed E-state index contributed by atoms with van der Waals surface area (Å²) < 4.78 is 5.13. The van der Waals surface area contributed by atoms with Gasteiger partial charge in [0.2, 0.25) is 17.7 Å². The van der Waals surface area contributed by atoms with E-state index in [1.807, 2.05) is 13.0 Å². The quantitative estimate of drug-likeness (QED) is 0.580. The Kier molecular flexibility index (Phi) is 8.32. The van der Waals surface area contributed by atoms with E-state index in [-0.39, 0.29) is 37.5 Å². The summed E-state index contributed by atoms with van der Waals surface area (Å²) in [6.07, 6.45) is 6.21. The van der Waals surface area contributed by atoms with E-state index in [1.54, 1.807) is 29.0 Å². The van der Waals surface area contributed by atoms with Crippen molar-refractivity contribution in [2.45, 2.75) is 45.4 Å². The van der Waals surface area contributed by atoms with Gasteiger partial charge in [0.15, 0.2) is 0 Å². The molecule has 0 radical (unpaired) electrons. The zero-order chi connectivity index (χ0) is 22.4. The third kappa shape index (κ3) is 5.98. The maximum absolute atomic E-state index is 12.9. The number of rotatable bonds is 9. The van der Waals surface area contributed by atoms with Gasteiger partial charge in [0, 0.05) is 30.8 Å². The Bertz CT molecular complexity index is 810. The number of ether oxygens (including phenoxy) is 1. The molecule has 7 nitrogen and oxygen atoms in total. The Hall–Kier alpha value is -2.12. The first-order chi connectivity index (χ1) is 14.9. The molecule has 3 amide bonds. The smallest absolute Gasteiger partial charge is 0.248 e. The highest BCUT2D eigenvalue weighted by Crippen LogP contribution is 2.30. The minimum atomic E-state index is -0.235. The van der Waals surface area contributed by atoms with Gasteiger partial charge in [-0.3, -0.25) is 19.3 Å². The van der Waals surface area contributed by atoms with Gasteiger partial charge in [0.25, 0.3) is 0 Å². The summed E-state index contributed by atoms with van der Waals surface area (Å²) in [4.78, 5) is 43.0. The third-order valence-electron chi connectivity index (χ3n) is 6.31. The second-order valence-corrected chi connectivity index (χ2v) is 8.84. The summed E-state index contributed by atoms with van der Waals surface area (Å²) >= 11 is 6.19. The molecule has 1 aliphatic heterocycles. The molecule has 0 spiro atoms. The molecule has 1 saturated carbocycles. The molecule has 0 unspecified atom stereocenters. The molecule has 2 fully saturated rings. The fourth-order valence-corrected chi connectivity index (χ4v) is 4.53. The van der Waals surface area contributed by atoms with Crippen molar-refractivity contribution in [2.24, 2.45) is 5.92 Å². The predicted octanol–water partition coefficient (Wildman–Crippen LogP) is 3.23. The summed E-state index contributed by atoms with van der Waals surface area (Å²) in [6, 6.07) is 5.39. The summed E-state index contributed by atoms with van der Waals surface area (Å²) in [7, 11) is 1.58. The van der Waals surface area contributed by atoms with Crippen LogP contribution in [0.25, 0.3) is 0 Å². The largest absolute Gasteiger partial charge is 0.383 e. The van der Waals surface area contributed by atoms with E-state index in [0.29, 0.717) is 36.2 Å². The monoisotopic (exact) mass is 449 g/mol. The molecule has 0 N–H and O–H groups in total. The molecule has 1 heterocycles. The van der Waals surface area contributed by atoms with Gasteiger partial charge in [0.05, 0.1) is 13.2 Å². The lowest BCUT2D eigenvalue weighted by atomic mass is 10.0. The first-order valence-corrected chi connectivity index (χ1v) is 11.4. The SMILES string of the molecule is COCCN(CC(=O)N1CC(=O)N(c2cccc(Cl)c2C)C1)C(=O)CCC1CCCC1. The number of halogens is 1. The first kappa shape index (κ1) is 23.5. The van der Waals surface area contributed by atoms with Crippen molar-refractivity contribution in [1.82, 2.24) is 9.80 Å². The lowest BCUT2D eigenvalue weighted by Gasteiger charge is -2.25. The minimum Gasteiger partial charge on any atom is -0.383 e. The molecule has 2 aliphatic rings. The van der Waals surface area contributed by atoms with Crippen LogP contribution in [0.2, 0.25) is 5.02 Å². The minimum absolute atomic E-state index is 0.000824. The molecular weight excluding hydrogens is 418 g/mol. The Morgan fingerprint density at radius 1 is 1.26 bits per heavy atom. The second-order valence-electron chi connectivity index (χ2n) is 8.44. The van der Waals surface area contributed by atoms with Crippen LogP contribution in [-0.4, -0.2) is 67.5 Å². The van der Waals surface area contributed by atoms with E-state index in [1.165, 1.54) is 30.6 Å². The van der Waals surface area contributed by atoms with Gasteiger partial charge in [-0.05, 0) is 37.0 Å². The summed E-state index contributed by atoms with van der Waals surface area (Å²) in [5.41, 5.74) is 1.51.